The first-order chi connectivity index (χ1) is 16.1. The van der Waals surface area contributed by atoms with Gasteiger partial charge in [0.15, 0.2) is 5.65 Å². The molecule has 0 aliphatic rings. The quantitative estimate of drug-likeness (QED) is 0.344. The highest BCUT2D eigenvalue weighted by molar-refractivity contribution is 6.29. The molecular formula is C25H19ClFN5O. The Hall–Kier alpha value is -3.68. The Balaban J connectivity index is 1.88. The van der Waals surface area contributed by atoms with Gasteiger partial charge in [0, 0.05) is 65.6 Å². The molecule has 0 aliphatic heterocycles. The summed E-state index contributed by atoms with van der Waals surface area (Å²) in [6.45, 7) is 0.627. The lowest BCUT2D eigenvalue weighted by Crippen LogP contribution is -2.00. The average Bonchev–Trinajstić information content (AvgIpc) is 3.26. The number of nitrogens with zero attached hydrogens (tertiary/aromatic N) is 5. The summed E-state index contributed by atoms with van der Waals surface area (Å²) in [5, 5.41) is 15.1. The Morgan fingerprint density at radius 3 is 2.36 bits per heavy atom. The number of benzene rings is 1. The SMILES string of the molecule is OCCCn1cc2c(-c3ccc(Cl)nc3)c(-c3ccncc3)c(-c3ccc(F)cc3)nc2n1. The molecule has 0 radical (unpaired) electrons. The van der Waals surface area contributed by atoms with Crippen LogP contribution in [0.4, 0.5) is 4.39 Å². The monoisotopic (exact) mass is 459 g/mol. The van der Waals surface area contributed by atoms with Gasteiger partial charge in [0.2, 0.25) is 0 Å². The van der Waals surface area contributed by atoms with E-state index < -0.39 is 0 Å². The number of pyridine rings is 3. The van der Waals surface area contributed by atoms with Gasteiger partial charge in [0.05, 0.1) is 5.69 Å². The lowest BCUT2D eigenvalue weighted by atomic mass is 9.90. The molecule has 0 unspecified atom stereocenters. The molecule has 0 amide bonds. The molecule has 5 rings (SSSR count). The molecule has 0 fully saturated rings. The molecular weight excluding hydrogens is 441 g/mol. The second-order valence-corrected chi connectivity index (χ2v) is 7.92. The first-order valence-electron chi connectivity index (χ1n) is 10.4. The van der Waals surface area contributed by atoms with Crippen molar-refractivity contribution in [3.63, 3.8) is 0 Å². The summed E-state index contributed by atoms with van der Waals surface area (Å²) in [5.41, 5.74) is 5.50. The molecule has 4 aromatic heterocycles. The fraction of sp³-hybridized carbons (Fsp3) is 0.120. The minimum atomic E-state index is -0.319. The van der Waals surface area contributed by atoms with E-state index in [2.05, 4.69) is 15.1 Å². The van der Waals surface area contributed by atoms with Crippen LogP contribution < -0.4 is 0 Å². The summed E-state index contributed by atoms with van der Waals surface area (Å²) in [6.07, 6.45) is 7.68. The zero-order valence-electron chi connectivity index (χ0n) is 17.5. The summed E-state index contributed by atoms with van der Waals surface area (Å²) in [6, 6.07) is 13.7. The number of aliphatic hydroxyl groups is 1. The van der Waals surface area contributed by atoms with Crippen LogP contribution in [0.3, 0.4) is 0 Å². The summed E-state index contributed by atoms with van der Waals surface area (Å²) in [5.74, 6) is -0.319. The van der Waals surface area contributed by atoms with Crippen molar-refractivity contribution in [1.82, 2.24) is 24.7 Å². The van der Waals surface area contributed by atoms with Crippen molar-refractivity contribution in [3.8, 4) is 33.5 Å². The molecule has 33 heavy (non-hydrogen) atoms. The Kier molecular flexibility index (Phi) is 5.81. The number of hydrogen-bond donors (Lipinski definition) is 1. The normalized spacial score (nSPS) is 11.2. The lowest BCUT2D eigenvalue weighted by molar-refractivity contribution is 0.277. The number of rotatable bonds is 6. The van der Waals surface area contributed by atoms with Crippen LogP contribution in [0.1, 0.15) is 6.42 Å². The van der Waals surface area contributed by atoms with Crippen LogP contribution in [0, 0.1) is 5.82 Å². The van der Waals surface area contributed by atoms with Crippen molar-refractivity contribution in [2.75, 3.05) is 6.61 Å². The molecule has 1 aromatic carbocycles. The van der Waals surface area contributed by atoms with Gasteiger partial charge in [0.25, 0.3) is 0 Å². The zero-order valence-corrected chi connectivity index (χ0v) is 18.2. The van der Waals surface area contributed by atoms with Gasteiger partial charge in [-0.05, 0) is 60.5 Å². The van der Waals surface area contributed by atoms with Gasteiger partial charge < -0.3 is 5.11 Å². The highest BCUT2D eigenvalue weighted by atomic mass is 35.5. The summed E-state index contributed by atoms with van der Waals surface area (Å²) >= 11 is 6.07. The first kappa shape index (κ1) is 21.2. The number of aromatic nitrogens is 5. The van der Waals surface area contributed by atoms with Crippen LogP contribution in [0.25, 0.3) is 44.5 Å². The van der Waals surface area contributed by atoms with Crippen molar-refractivity contribution < 1.29 is 9.50 Å². The van der Waals surface area contributed by atoms with Gasteiger partial charge in [-0.15, -0.1) is 0 Å². The van der Waals surface area contributed by atoms with E-state index in [9.17, 15) is 9.50 Å². The molecule has 1 N–H and O–H groups in total. The topological polar surface area (TPSA) is 76.7 Å². The minimum Gasteiger partial charge on any atom is -0.396 e. The van der Waals surface area contributed by atoms with Crippen LogP contribution in [-0.4, -0.2) is 36.4 Å². The number of aliphatic hydroxyl groups excluding tert-OH is 1. The van der Waals surface area contributed by atoms with Gasteiger partial charge in [-0.2, -0.15) is 5.10 Å². The smallest absolute Gasteiger partial charge is 0.182 e. The molecule has 4 heterocycles. The van der Waals surface area contributed by atoms with E-state index in [1.807, 2.05) is 24.4 Å². The van der Waals surface area contributed by atoms with Crippen LogP contribution in [0.5, 0.6) is 0 Å². The van der Waals surface area contributed by atoms with Crippen LogP contribution >= 0.6 is 11.6 Å². The highest BCUT2D eigenvalue weighted by Gasteiger charge is 2.22. The predicted molar refractivity (Wildman–Crippen MR) is 126 cm³/mol. The number of aryl methyl sites for hydroxylation is 1. The third-order valence-electron chi connectivity index (χ3n) is 5.36. The Morgan fingerprint density at radius 1 is 0.909 bits per heavy atom. The van der Waals surface area contributed by atoms with Gasteiger partial charge in [-0.25, -0.2) is 14.4 Å². The maximum Gasteiger partial charge on any atom is 0.182 e. The number of halogens is 2. The molecule has 164 valence electrons. The molecule has 6 nitrogen and oxygen atoms in total. The lowest BCUT2D eigenvalue weighted by Gasteiger charge is -2.16. The Morgan fingerprint density at radius 2 is 1.67 bits per heavy atom. The maximum absolute atomic E-state index is 13.7. The fourth-order valence-electron chi connectivity index (χ4n) is 3.87. The van der Waals surface area contributed by atoms with E-state index in [0.29, 0.717) is 29.5 Å². The predicted octanol–water partition coefficient (Wildman–Crippen LogP) is 5.40. The van der Waals surface area contributed by atoms with E-state index in [1.165, 1.54) is 12.1 Å². The molecule has 0 saturated carbocycles. The Bertz CT molecular complexity index is 1400. The van der Waals surface area contributed by atoms with Crippen LogP contribution in [0.2, 0.25) is 5.15 Å². The van der Waals surface area contributed by atoms with Crippen molar-refractivity contribution in [2.24, 2.45) is 0 Å². The van der Waals surface area contributed by atoms with Crippen LogP contribution in [-0.2, 0) is 6.54 Å². The summed E-state index contributed by atoms with van der Waals surface area (Å²) < 4.78 is 15.5. The molecule has 8 heteroatoms. The van der Waals surface area contributed by atoms with Gasteiger partial charge in [-0.1, -0.05) is 11.6 Å². The molecule has 5 aromatic rings. The van der Waals surface area contributed by atoms with Crippen molar-refractivity contribution >= 4 is 22.6 Å². The summed E-state index contributed by atoms with van der Waals surface area (Å²) in [7, 11) is 0. The van der Waals surface area contributed by atoms with E-state index in [-0.39, 0.29) is 12.4 Å². The molecule has 0 spiro atoms. The van der Waals surface area contributed by atoms with E-state index in [0.717, 1.165) is 33.2 Å². The third-order valence-corrected chi connectivity index (χ3v) is 5.59. The summed E-state index contributed by atoms with van der Waals surface area (Å²) in [4.78, 5) is 13.3. The second kappa shape index (κ2) is 9.05. The van der Waals surface area contributed by atoms with E-state index in [4.69, 9.17) is 16.6 Å². The molecule has 0 aliphatic carbocycles. The average molecular weight is 460 g/mol. The second-order valence-electron chi connectivity index (χ2n) is 7.53. The Labute approximate surface area is 194 Å². The molecule has 0 bridgehead atoms. The van der Waals surface area contributed by atoms with Gasteiger partial charge in [-0.3, -0.25) is 9.67 Å². The highest BCUT2D eigenvalue weighted by Crippen LogP contribution is 2.42. The molecule has 0 atom stereocenters. The molecule has 0 saturated heterocycles. The van der Waals surface area contributed by atoms with Crippen molar-refractivity contribution in [3.05, 3.63) is 84.3 Å². The van der Waals surface area contributed by atoms with Gasteiger partial charge >= 0.3 is 0 Å². The minimum absolute atomic E-state index is 0.0701. The van der Waals surface area contributed by atoms with Crippen molar-refractivity contribution in [1.29, 1.82) is 0 Å². The third kappa shape index (κ3) is 4.20. The largest absolute Gasteiger partial charge is 0.396 e. The van der Waals surface area contributed by atoms with E-state index in [1.54, 1.807) is 41.5 Å². The zero-order chi connectivity index (χ0) is 22.8. The number of fused-ring (bicyclic) bond motifs is 1. The first-order valence-corrected chi connectivity index (χ1v) is 10.8. The fourth-order valence-corrected chi connectivity index (χ4v) is 3.98. The maximum atomic E-state index is 13.7. The van der Waals surface area contributed by atoms with Crippen molar-refractivity contribution in [2.45, 2.75) is 13.0 Å². The van der Waals surface area contributed by atoms with Gasteiger partial charge in [0.1, 0.15) is 11.0 Å². The van der Waals surface area contributed by atoms with E-state index >= 15 is 0 Å². The van der Waals surface area contributed by atoms with Crippen LogP contribution in [0.15, 0.2) is 73.3 Å². The standard InChI is InChI=1S/C25H19ClFN5O/c26-21-7-4-18(14-29-21)22-20-15-32(12-1-13-33)31-25(20)30-24(17-2-5-19(27)6-3-17)23(22)16-8-10-28-11-9-16/h2-11,14-15,33H,1,12-13H2. The number of hydrogen-bond acceptors (Lipinski definition) is 5.